The lowest BCUT2D eigenvalue weighted by molar-refractivity contribution is -0.0683. The van der Waals surface area contributed by atoms with E-state index in [0.717, 1.165) is 29.9 Å². The molecule has 2 atom stereocenters. The molecular weight excluding hydrogens is 330 g/mol. The summed E-state index contributed by atoms with van der Waals surface area (Å²) in [5, 5.41) is 0. The molecule has 1 fully saturated rings. The van der Waals surface area contributed by atoms with Crippen molar-refractivity contribution in [1.82, 2.24) is 4.90 Å². The molecule has 2 rings (SSSR count). The first-order valence-corrected chi connectivity index (χ1v) is 7.82. The fourth-order valence-electron chi connectivity index (χ4n) is 2.26. The molecule has 0 saturated carbocycles. The molecule has 1 heterocycles. The van der Waals surface area contributed by atoms with Gasteiger partial charge in [0.05, 0.1) is 12.2 Å². The third-order valence-corrected chi connectivity index (χ3v) is 3.88. The van der Waals surface area contributed by atoms with Gasteiger partial charge in [0, 0.05) is 30.0 Å². The van der Waals surface area contributed by atoms with E-state index in [-0.39, 0.29) is 12.2 Å². The minimum absolute atomic E-state index is 0.135. The van der Waals surface area contributed by atoms with Gasteiger partial charge in [-0.25, -0.2) is 0 Å². The monoisotopic (exact) mass is 347 g/mol. The minimum Gasteiger partial charge on any atom is -0.492 e. The van der Waals surface area contributed by atoms with Crippen LogP contribution in [0.15, 0.2) is 28.7 Å². The van der Waals surface area contributed by atoms with Crippen molar-refractivity contribution in [3.8, 4) is 5.75 Å². The molecule has 19 heavy (non-hydrogen) atoms. The van der Waals surface area contributed by atoms with E-state index in [2.05, 4.69) is 27.8 Å². The highest BCUT2D eigenvalue weighted by Gasteiger charge is 2.24. The largest absolute Gasteiger partial charge is 0.492 e. The zero-order valence-corrected chi connectivity index (χ0v) is 13.4. The Morgan fingerprint density at radius 2 is 2.32 bits per heavy atom. The number of benzene rings is 1. The van der Waals surface area contributed by atoms with E-state index in [0.29, 0.717) is 12.5 Å². The second-order valence-electron chi connectivity index (χ2n) is 4.79. The first-order valence-electron chi connectivity index (χ1n) is 6.49. The van der Waals surface area contributed by atoms with Crippen molar-refractivity contribution in [2.24, 2.45) is 0 Å². The first-order chi connectivity index (χ1) is 9.17. The van der Waals surface area contributed by atoms with Gasteiger partial charge in [0.1, 0.15) is 12.4 Å². The van der Waals surface area contributed by atoms with Crippen LogP contribution < -0.4 is 4.74 Å². The van der Waals surface area contributed by atoms with Gasteiger partial charge in [-0.1, -0.05) is 22.0 Å². The van der Waals surface area contributed by atoms with Gasteiger partial charge in [0.15, 0.2) is 0 Å². The second kappa shape index (κ2) is 7.48. The van der Waals surface area contributed by atoms with Crippen LogP contribution in [0, 0.1) is 0 Å². The Kier molecular flexibility index (Phi) is 5.95. The van der Waals surface area contributed by atoms with Gasteiger partial charge < -0.3 is 9.47 Å². The molecule has 1 aromatic carbocycles. The number of hydrogen-bond donors (Lipinski definition) is 0. The van der Waals surface area contributed by atoms with Gasteiger partial charge in [-0.2, -0.15) is 0 Å². The van der Waals surface area contributed by atoms with Crippen LogP contribution in [-0.2, 0) is 4.74 Å². The number of hydrogen-bond acceptors (Lipinski definition) is 3. The summed E-state index contributed by atoms with van der Waals surface area (Å²) in [5.41, 5.74) is 0. The molecular formula is C14H19BrClNO2. The van der Waals surface area contributed by atoms with Crippen molar-refractivity contribution in [2.75, 3.05) is 32.1 Å². The Hall–Kier alpha value is -0.290. The summed E-state index contributed by atoms with van der Waals surface area (Å²) < 4.78 is 12.5. The maximum Gasteiger partial charge on any atom is 0.120 e. The third-order valence-electron chi connectivity index (χ3n) is 3.05. The molecule has 1 aromatic rings. The summed E-state index contributed by atoms with van der Waals surface area (Å²) in [6, 6.07) is 7.90. The molecule has 1 aliphatic rings. The molecule has 0 amide bonds. The van der Waals surface area contributed by atoms with Crippen LogP contribution in [0.3, 0.4) is 0 Å². The third kappa shape index (κ3) is 4.95. The highest BCUT2D eigenvalue weighted by Crippen LogP contribution is 2.18. The Bertz CT molecular complexity index is 405. The molecule has 5 heteroatoms. The van der Waals surface area contributed by atoms with Crippen molar-refractivity contribution in [3.05, 3.63) is 28.7 Å². The highest BCUT2D eigenvalue weighted by atomic mass is 79.9. The summed E-state index contributed by atoms with van der Waals surface area (Å²) >= 11 is 9.30. The van der Waals surface area contributed by atoms with Gasteiger partial charge in [-0.15, -0.1) is 11.6 Å². The van der Waals surface area contributed by atoms with E-state index in [1.807, 2.05) is 24.3 Å². The normalized spacial score (nSPS) is 24.4. The maximum atomic E-state index is 5.87. The molecule has 0 aromatic heterocycles. The number of ether oxygens (including phenoxy) is 2. The lowest BCUT2D eigenvalue weighted by Gasteiger charge is -2.35. The van der Waals surface area contributed by atoms with E-state index in [1.54, 1.807) is 0 Å². The lowest BCUT2D eigenvalue weighted by atomic mass is 10.2. The average Bonchev–Trinajstić information content (AvgIpc) is 2.38. The SMILES string of the molecule is CC1CN(CCOc2cccc(Br)c2)CC(CCl)O1. The van der Waals surface area contributed by atoms with Crippen LogP contribution in [0.4, 0.5) is 0 Å². The molecule has 1 aliphatic heterocycles. The van der Waals surface area contributed by atoms with Crippen molar-refractivity contribution in [3.63, 3.8) is 0 Å². The van der Waals surface area contributed by atoms with Gasteiger partial charge in [0.25, 0.3) is 0 Å². The van der Waals surface area contributed by atoms with Crippen LogP contribution in [0.2, 0.25) is 0 Å². The molecule has 0 aliphatic carbocycles. The molecule has 3 nitrogen and oxygen atoms in total. The van der Waals surface area contributed by atoms with Crippen LogP contribution in [0.1, 0.15) is 6.92 Å². The van der Waals surface area contributed by atoms with Crippen LogP contribution in [0.25, 0.3) is 0 Å². The smallest absolute Gasteiger partial charge is 0.120 e. The number of alkyl halides is 1. The summed E-state index contributed by atoms with van der Waals surface area (Å²) in [6.07, 6.45) is 0.375. The predicted octanol–water partition coefficient (Wildman–Crippen LogP) is 3.16. The predicted molar refractivity (Wildman–Crippen MR) is 81.1 cm³/mol. The molecule has 0 bridgehead atoms. The summed E-state index contributed by atoms with van der Waals surface area (Å²) in [4.78, 5) is 2.35. The maximum absolute atomic E-state index is 5.87. The van der Waals surface area contributed by atoms with Gasteiger partial charge >= 0.3 is 0 Å². The summed E-state index contributed by atoms with van der Waals surface area (Å²) in [6.45, 7) is 5.48. The Morgan fingerprint density at radius 3 is 3.05 bits per heavy atom. The quantitative estimate of drug-likeness (QED) is 0.763. The number of nitrogens with zero attached hydrogens (tertiary/aromatic N) is 1. The number of halogens is 2. The molecule has 2 unspecified atom stereocenters. The van der Waals surface area contributed by atoms with Crippen molar-refractivity contribution in [2.45, 2.75) is 19.1 Å². The summed E-state index contributed by atoms with van der Waals surface area (Å²) in [7, 11) is 0. The Balaban J connectivity index is 1.76. The zero-order chi connectivity index (χ0) is 13.7. The molecule has 0 radical (unpaired) electrons. The van der Waals surface area contributed by atoms with Gasteiger partial charge in [-0.05, 0) is 25.1 Å². The van der Waals surface area contributed by atoms with Gasteiger partial charge in [0.2, 0.25) is 0 Å². The van der Waals surface area contributed by atoms with Crippen molar-refractivity contribution in [1.29, 1.82) is 0 Å². The zero-order valence-electron chi connectivity index (χ0n) is 11.0. The topological polar surface area (TPSA) is 21.7 Å². The Labute approximate surface area is 128 Å². The van der Waals surface area contributed by atoms with Crippen molar-refractivity contribution >= 4 is 27.5 Å². The fraction of sp³-hybridized carbons (Fsp3) is 0.571. The molecule has 1 saturated heterocycles. The van der Waals surface area contributed by atoms with Crippen LogP contribution >= 0.6 is 27.5 Å². The van der Waals surface area contributed by atoms with Crippen LogP contribution in [-0.4, -0.2) is 49.2 Å². The fourth-order valence-corrected chi connectivity index (χ4v) is 2.81. The molecule has 0 N–H and O–H groups in total. The van der Waals surface area contributed by atoms with E-state index in [4.69, 9.17) is 21.1 Å². The van der Waals surface area contributed by atoms with Crippen LogP contribution in [0.5, 0.6) is 5.75 Å². The minimum atomic E-state index is 0.135. The second-order valence-corrected chi connectivity index (χ2v) is 6.01. The van der Waals surface area contributed by atoms with E-state index >= 15 is 0 Å². The average molecular weight is 349 g/mol. The van der Waals surface area contributed by atoms with Crippen molar-refractivity contribution < 1.29 is 9.47 Å². The van der Waals surface area contributed by atoms with E-state index < -0.39 is 0 Å². The lowest BCUT2D eigenvalue weighted by Crippen LogP contribution is -2.48. The molecule has 106 valence electrons. The van der Waals surface area contributed by atoms with E-state index in [9.17, 15) is 0 Å². The first kappa shape index (κ1) is 15.1. The standard InChI is InChI=1S/C14H19BrClNO2/c1-11-9-17(10-14(8-16)19-11)5-6-18-13-4-2-3-12(15)7-13/h2-4,7,11,14H,5-6,8-10H2,1H3. The number of morpholine rings is 1. The van der Waals surface area contributed by atoms with Gasteiger partial charge in [-0.3, -0.25) is 4.90 Å². The van der Waals surface area contributed by atoms with E-state index in [1.165, 1.54) is 0 Å². The molecule has 0 spiro atoms. The Morgan fingerprint density at radius 1 is 1.47 bits per heavy atom. The number of rotatable bonds is 5. The highest BCUT2D eigenvalue weighted by molar-refractivity contribution is 9.10. The summed E-state index contributed by atoms with van der Waals surface area (Å²) in [5.74, 6) is 1.44.